The van der Waals surface area contributed by atoms with Gasteiger partial charge in [0.05, 0.1) is 11.7 Å². The first-order valence-electron chi connectivity index (χ1n) is 12.1. The molecule has 1 aliphatic heterocycles. The lowest BCUT2D eigenvalue weighted by atomic mass is 9.76. The van der Waals surface area contributed by atoms with E-state index in [1.54, 1.807) is 6.92 Å². The fourth-order valence-corrected chi connectivity index (χ4v) is 4.56. The summed E-state index contributed by atoms with van der Waals surface area (Å²) >= 11 is 0. The molecule has 1 saturated heterocycles. The average molecular weight is 453 g/mol. The van der Waals surface area contributed by atoms with Crippen LogP contribution >= 0.6 is 0 Å². The van der Waals surface area contributed by atoms with Crippen LogP contribution in [0, 0.1) is 11.8 Å². The smallest absolute Gasteiger partial charge is 0.306 e. The highest BCUT2D eigenvalue weighted by atomic mass is 16.7. The van der Waals surface area contributed by atoms with E-state index in [9.17, 15) is 15.0 Å². The molecule has 2 aliphatic rings. The topological polar surface area (TPSA) is 85.2 Å². The van der Waals surface area contributed by atoms with E-state index in [0.29, 0.717) is 0 Å². The van der Waals surface area contributed by atoms with Crippen molar-refractivity contribution in [1.82, 2.24) is 0 Å². The lowest BCUT2D eigenvalue weighted by Gasteiger charge is -2.47. The highest BCUT2D eigenvalue weighted by molar-refractivity contribution is 5.69. The van der Waals surface area contributed by atoms with Crippen molar-refractivity contribution in [2.75, 3.05) is 0 Å². The molecule has 0 amide bonds. The zero-order valence-electron chi connectivity index (χ0n) is 21.0. The summed E-state index contributed by atoms with van der Waals surface area (Å²) in [5.41, 5.74) is 2.13. The minimum absolute atomic E-state index is 0.127. The second kappa shape index (κ2) is 11.8. The van der Waals surface area contributed by atoms with Gasteiger partial charge < -0.3 is 24.4 Å². The summed E-state index contributed by atoms with van der Waals surface area (Å²) in [5.74, 6) is -0.0194. The molecule has 0 aromatic rings. The lowest BCUT2D eigenvalue weighted by Crippen LogP contribution is -2.61. The highest BCUT2D eigenvalue weighted by Crippen LogP contribution is 2.40. The molecular formula is C26H44O6. The quantitative estimate of drug-likeness (QED) is 0.390. The third-order valence-electron chi connectivity index (χ3n) is 6.70. The van der Waals surface area contributed by atoms with E-state index in [1.165, 1.54) is 11.1 Å². The molecule has 1 unspecified atom stereocenters. The van der Waals surface area contributed by atoms with E-state index in [1.807, 2.05) is 13.8 Å². The van der Waals surface area contributed by atoms with E-state index in [2.05, 4.69) is 39.8 Å². The minimum atomic E-state index is -1.26. The van der Waals surface area contributed by atoms with Crippen molar-refractivity contribution < 1.29 is 29.2 Å². The summed E-state index contributed by atoms with van der Waals surface area (Å²) < 4.78 is 17.9. The van der Waals surface area contributed by atoms with Gasteiger partial charge in [-0.1, -0.05) is 37.1 Å². The molecule has 6 heteroatoms. The summed E-state index contributed by atoms with van der Waals surface area (Å²) in [5, 5.41) is 21.6. The number of carbonyl (C=O) groups excluding carboxylic acids is 1. The van der Waals surface area contributed by atoms with Gasteiger partial charge in [-0.05, 0) is 78.6 Å². The van der Waals surface area contributed by atoms with Gasteiger partial charge in [-0.3, -0.25) is 4.79 Å². The van der Waals surface area contributed by atoms with E-state index in [0.717, 1.165) is 32.1 Å². The van der Waals surface area contributed by atoms with Gasteiger partial charge in [0, 0.05) is 6.42 Å². The van der Waals surface area contributed by atoms with Crippen LogP contribution in [0.2, 0.25) is 0 Å². The van der Waals surface area contributed by atoms with E-state index < -0.39 is 42.3 Å². The Morgan fingerprint density at radius 3 is 2.56 bits per heavy atom. The van der Waals surface area contributed by atoms with Gasteiger partial charge >= 0.3 is 5.97 Å². The number of esters is 1. The molecule has 184 valence electrons. The standard InChI is InChI=1S/C26H44O6/c1-16(2)9-8-14-26(7,20-12-10-18(5)11-13-20)32-25-23(29)24(22(28)19(6)30-25)31-21(27)15-17(3)4/h9-10,17,19-20,22-25,28-29H,8,11-15H2,1-7H3/t19-,20-,22+,23-,24+,25+,26?/m1/s1. The normalized spacial score (nSPS) is 32.8. The molecule has 7 atom stereocenters. The lowest BCUT2D eigenvalue weighted by molar-refractivity contribution is -0.327. The molecule has 0 saturated carbocycles. The summed E-state index contributed by atoms with van der Waals surface area (Å²) in [6.07, 6.45) is 4.27. The van der Waals surface area contributed by atoms with Crippen molar-refractivity contribution in [1.29, 1.82) is 0 Å². The first-order chi connectivity index (χ1) is 14.9. The van der Waals surface area contributed by atoms with Gasteiger partial charge in [0.1, 0.15) is 12.2 Å². The van der Waals surface area contributed by atoms with Crippen LogP contribution in [0.25, 0.3) is 0 Å². The van der Waals surface area contributed by atoms with Crippen molar-refractivity contribution in [2.45, 2.75) is 123 Å². The molecule has 1 aliphatic carbocycles. The Bertz CT molecular complexity index is 680. The predicted molar refractivity (Wildman–Crippen MR) is 125 cm³/mol. The van der Waals surface area contributed by atoms with Crippen molar-refractivity contribution in [3.63, 3.8) is 0 Å². The molecule has 2 N–H and O–H groups in total. The number of ether oxygens (including phenoxy) is 3. The predicted octanol–water partition coefficient (Wildman–Crippen LogP) is 4.68. The number of hydrogen-bond donors (Lipinski definition) is 2. The number of hydrogen-bond acceptors (Lipinski definition) is 6. The number of allylic oxidation sites excluding steroid dienone is 4. The van der Waals surface area contributed by atoms with Crippen molar-refractivity contribution in [3.8, 4) is 0 Å². The molecule has 1 fully saturated rings. The SMILES string of the molecule is CC(C)=CCCC(C)(O[C@@H]1O[C@H](C)[C@H](O)[C@H](OC(=O)CC(C)C)[C@H]1O)[C@@H]1CC=C(C)CC1. The molecule has 0 spiro atoms. The summed E-state index contributed by atoms with van der Waals surface area (Å²) in [6, 6.07) is 0. The molecule has 2 rings (SSSR count). The zero-order valence-corrected chi connectivity index (χ0v) is 21.0. The van der Waals surface area contributed by atoms with E-state index >= 15 is 0 Å². The Morgan fingerprint density at radius 1 is 1.31 bits per heavy atom. The molecule has 0 radical (unpaired) electrons. The Hall–Kier alpha value is -1.21. The van der Waals surface area contributed by atoms with Gasteiger partial charge in [-0.15, -0.1) is 0 Å². The number of rotatable bonds is 9. The highest BCUT2D eigenvalue weighted by Gasteiger charge is 2.49. The first-order valence-corrected chi connectivity index (χ1v) is 12.1. The van der Waals surface area contributed by atoms with Crippen molar-refractivity contribution in [2.24, 2.45) is 11.8 Å². The van der Waals surface area contributed by atoms with Crippen LogP contribution in [-0.4, -0.2) is 52.5 Å². The molecule has 0 aromatic heterocycles. The monoisotopic (exact) mass is 452 g/mol. The fourth-order valence-electron chi connectivity index (χ4n) is 4.56. The van der Waals surface area contributed by atoms with Gasteiger partial charge in [0.2, 0.25) is 0 Å². The Balaban J connectivity index is 2.20. The third-order valence-corrected chi connectivity index (χ3v) is 6.70. The number of carbonyl (C=O) groups is 1. The second-order valence-electron chi connectivity index (χ2n) is 10.5. The van der Waals surface area contributed by atoms with Crippen LogP contribution in [0.4, 0.5) is 0 Å². The van der Waals surface area contributed by atoms with Crippen LogP contribution in [0.1, 0.15) is 87.0 Å². The van der Waals surface area contributed by atoms with E-state index in [4.69, 9.17) is 14.2 Å². The number of aliphatic hydroxyl groups excluding tert-OH is 2. The maximum absolute atomic E-state index is 12.3. The van der Waals surface area contributed by atoms with Crippen molar-refractivity contribution in [3.05, 3.63) is 23.3 Å². The average Bonchev–Trinajstić information content (AvgIpc) is 2.69. The van der Waals surface area contributed by atoms with Gasteiger partial charge in [-0.25, -0.2) is 0 Å². The summed E-state index contributed by atoms with van der Waals surface area (Å²) in [6.45, 7) is 14.0. The maximum atomic E-state index is 12.3. The second-order valence-corrected chi connectivity index (χ2v) is 10.5. The van der Waals surface area contributed by atoms with Crippen LogP contribution in [0.15, 0.2) is 23.3 Å². The van der Waals surface area contributed by atoms with Gasteiger partial charge in [0.25, 0.3) is 0 Å². The molecule has 32 heavy (non-hydrogen) atoms. The Kier molecular flexibility index (Phi) is 9.95. The largest absolute Gasteiger partial charge is 0.456 e. The number of aliphatic hydroxyl groups is 2. The van der Waals surface area contributed by atoms with Gasteiger partial charge in [-0.2, -0.15) is 0 Å². The molecule has 6 nitrogen and oxygen atoms in total. The third kappa shape index (κ3) is 7.41. The molecular weight excluding hydrogens is 408 g/mol. The zero-order chi connectivity index (χ0) is 24.1. The van der Waals surface area contributed by atoms with Crippen LogP contribution in [0.3, 0.4) is 0 Å². The fraction of sp³-hybridized carbons (Fsp3) is 0.808. The van der Waals surface area contributed by atoms with E-state index in [-0.39, 0.29) is 18.3 Å². The van der Waals surface area contributed by atoms with Crippen molar-refractivity contribution >= 4 is 5.97 Å². The Labute approximate surface area is 194 Å². The maximum Gasteiger partial charge on any atom is 0.306 e. The first kappa shape index (κ1) is 27.0. The molecule has 0 aromatic carbocycles. The van der Waals surface area contributed by atoms with Crippen LogP contribution in [-0.2, 0) is 19.0 Å². The Morgan fingerprint density at radius 2 is 2.00 bits per heavy atom. The molecule has 1 heterocycles. The molecule has 0 bridgehead atoms. The minimum Gasteiger partial charge on any atom is -0.456 e. The van der Waals surface area contributed by atoms with Crippen LogP contribution < -0.4 is 0 Å². The summed E-state index contributed by atoms with van der Waals surface area (Å²) in [7, 11) is 0. The van der Waals surface area contributed by atoms with Crippen LogP contribution in [0.5, 0.6) is 0 Å². The summed E-state index contributed by atoms with van der Waals surface area (Å²) in [4.78, 5) is 12.3. The van der Waals surface area contributed by atoms with Gasteiger partial charge in [0.15, 0.2) is 12.4 Å².